The number of aromatic nitrogens is 2. The summed E-state index contributed by atoms with van der Waals surface area (Å²) in [5.74, 6) is 1.58. The Hall–Kier alpha value is -1.42. The van der Waals surface area contributed by atoms with E-state index in [0.717, 1.165) is 28.2 Å². The molecule has 4 heteroatoms. The molecule has 0 bridgehead atoms. The molecular formula is C13H14BrN3. The van der Waals surface area contributed by atoms with Crippen molar-refractivity contribution in [3.05, 3.63) is 40.5 Å². The van der Waals surface area contributed by atoms with E-state index in [1.165, 1.54) is 5.56 Å². The molecule has 1 heterocycles. The molecule has 0 saturated heterocycles. The number of nitrogens with one attached hydrogen (secondary N) is 1. The van der Waals surface area contributed by atoms with Crippen molar-refractivity contribution in [3.63, 3.8) is 0 Å². The van der Waals surface area contributed by atoms with Crippen molar-refractivity contribution in [1.29, 1.82) is 0 Å². The summed E-state index contributed by atoms with van der Waals surface area (Å²) in [6.07, 6.45) is 1.77. The van der Waals surface area contributed by atoms with Crippen LogP contribution in [-0.2, 0) is 0 Å². The van der Waals surface area contributed by atoms with Crippen LogP contribution < -0.4 is 5.32 Å². The van der Waals surface area contributed by atoms with Crippen molar-refractivity contribution in [2.45, 2.75) is 13.8 Å². The van der Waals surface area contributed by atoms with Crippen LogP contribution in [0.25, 0.3) is 11.4 Å². The van der Waals surface area contributed by atoms with Gasteiger partial charge in [-0.3, -0.25) is 0 Å². The van der Waals surface area contributed by atoms with Gasteiger partial charge in [-0.15, -0.1) is 0 Å². The molecule has 0 fully saturated rings. The normalized spacial score (nSPS) is 10.3. The summed E-state index contributed by atoms with van der Waals surface area (Å²) in [5, 5.41) is 3.18. The van der Waals surface area contributed by atoms with Crippen molar-refractivity contribution in [3.8, 4) is 11.4 Å². The Bertz CT molecular complexity index is 526. The number of nitrogens with zero attached hydrogens (tertiary/aromatic N) is 2. The largest absolute Gasteiger partial charge is 0.370 e. The van der Waals surface area contributed by atoms with E-state index in [-0.39, 0.29) is 0 Å². The standard InChI is InChI=1S/C13H14BrN3/c1-3-15-12-6-7-16-13(17-12)10-5-4-9(2)8-11(10)14/h4-8H,3H2,1-2H3,(H,15,16,17). The third-order valence-corrected chi connectivity index (χ3v) is 3.04. The summed E-state index contributed by atoms with van der Waals surface area (Å²) in [6, 6.07) is 8.03. The summed E-state index contributed by atoms with van der Waals surface area (Å²) < 4.78 is 1.02. The average Bonchev–Trinajstić information content (AvgIpc) is 2.29. The predicted octanol–water partition coefficient (Wildman–Crippen LogP) is 3.65. The Labute approximate surface area is 109 Å². The highest BCUT2D eigenvalue weighted by molar-refractivity contribution is 9.10. The number of anilines is 1. The van der Waals surface area contributed by atoms with Crippen LogP contribution in [0, 0.1) is 6.92 Å². The average molecular weight is 292 g/mol. The van der Waals surface area contributed by atoms with Gasteiger partial charge in [0.25, 0.3) is 0 Å². The minimum atomic E-state index is 0.732. The molecule has 2 rings (SSSR count). The van der Waals surface area contributed by atoms with Crippen LogP contribution in [0.2, 0.25) is 0 Å². The van der Waals surface area contributed by atoms with E-state index in [0.29, 0.717) is 0 Å². The number of rotatable bonds is 3. The number of halogens is 1. The molecule has 0 radical (unpaired) electrons. The van der Waals surface area contributed by atoms with Gasteiger partial charge in [-0.25, -0.2) is 9.97 Å². The molecule has 0 aliphatic heterocycles. The van der Waals surface area contributed by atoms with Gasteiger partial charge < -0.3 is 5.32 Å². The van der Waals surface area contributed by atoms with Crippen LogP contribution in [0.1, 0.15) is 12.5 Å². The summed E-state index contributed by atoms with van der Waals surface area (Å²) in [7, 11) is 0. The van der Waals surface area contributed by atoms with Crippen LogP contribution >= 0.6 is 15.9 Å². The smallest absolute Gasteiger partial charge is 0.162 e. The van der Waals surface area contributed by atoms with Gasteiger partial charge in [0.15, 0.2) is 5.82 Å². The lowest BCUT2D eigenvalue weighted by Gasteiger charge is -2.06. The molecule has 2 aromatic rings. The summed E-state index contributed by atoms with van der Waals surface area (Å²) in [5.41, 5.74) is 2.22. The third-order valence-electron chi connectivity index (χ3n) is 2.38. The van der Waals surface area contributed by atoms with Crippen LogP contribution in [0.3, 0.4) is 0 Å². The maximum Gasteiger partial charge on any atom is 0.162 e. The Kier molecular flexibility index (Phi) is 3.74. The van der Waals surface area contributed by atoms with Crippen molar-refractivity contribution < 1.29 is 0 Å². The molecular weight excluding hydrogens is 278 g/mol. The second kappa shape index (κ2) is 5.27. The monoisotopic (exact) mass is 291 g/mol. The van der Waals surface area contributed by atoms with Gasteiger partial charge in [-0.1, -0.05) is 22.0 Å². The minimum Gasteiger partial charge on any atom is -0.370 e. The Balaban J connectivity index is 2.42. The van der Waals surface area contributed by atoms with E-state index < -0.39 is 0 Å². The van der Waals surface area contributed by atoms with Crippen LogP contribution in [-0.4, -0.2) is 16.5 Å². The van der Waals surface area contributed by atoms with E-state index in [1.54, 1.807) is 6.20 Å². The Morgan fingerprint density at radius 2 is 2.12 bits per heavy atom. The lowest BCUT2D eigenvalue weighted by molar-refractivity contribution is 1.11. The van der Waals surface area contributed by atoms with Gasteiger partial charge in [0.05, 0.1) is 0 Å². The number of hydrogen-bond acceptors (Lipinski definition) is 3. The molecule has 88 valence electrons. The van der Waals surface area contributed by atoms with Gasteiger partial charge >= 0.3 is 0 Å². The summed E-state index contributed by atoms with van der Waals surface area (Å²) >= 11 is 3.55. The molecule has 0 aliphatic rings. The highest BCUT2D eigenvalue weighted by Crippen LogP contribution is 2.26. The minimum absolute atomic E-state index is 0.732. The molecule has 0 unspecified atom stereocenters. The zero-order chi connectivity index (χ0) is 12.3. The third kappa shape index (κ3) is 2.82. The van der Waals surface area contributed by atoms with Crippen LogP contribution in [0.5, 0.6) is 0 Å². The lowest BCUT2D eigenvalue weighted by Crippen LogP contribution is -2.01. The Morgan fingerprint density at radius 3 is 2.82 bits per heavy atom. The van der Waals surface area contributed by atoms with Crippen molar-refractivity contribution in [1.82, 2.24) is 9.97 Å². The zero-order valence-corrected chi connectivity index (χ0v) is 11.5. The zero-order valence-electron chi connectivity index (χ0n) is 9.87. The molecule has 1 N–H and O–H groups in total. The first-order valence-electron chi connectivity index (χ1n) is 5.54. The lowest BCUT2D eigenvalue weighted by atomic mass is 10.1. The molecule has 0 spiro atoms. The van der Waals surface area contributed by atoms with Crippen molar-refractivity contribution in [2.24, 2.45) is 0 Å². The van der Waals surface area contributed by atoms with Gasteiger partial charge in [0.1, 0.15) is 5.82 Å². The van der Waals surface area contributed by atoms with Crippen LogP contribution in [0.4, 0.5) is 5.82 Å². The fourth-order valence-electron chi connectivity index (χ4n) is 1.57. The molecule has 0 amide bonds. The van der Waals surface area contributed by atoms with Gasteiger partial charge in [-0.05, 0) is 37.6 Å². The van der Waals surface area contributed by atoms with Crippen LogP contribution in [0.15, 0.2) is 34.9 Å². The maximum atomic E-state index is 4.47. The van der Waals surface area contributed by atoms with E-state index in [9.17, 15) is 0 Å². The van der Waals surface area contributed by atoms with Crippen molar-refractivity contribution in [2.75, 3.05) is 11.9 Å². The molecule has 1 aromatic carbocycles. The molecule has 3 nitrogen and oxygen atoms in total. The van der Waals surface area contributed by atoms with E-state index in [1.807, 2.05) is 19.1 Å². The summed E-state index contributed by atoms with van der Waals surface area (Å²) in [4.78, 5) is 8.77. The fourth-order valence-corrected chi connectivity index (χ4v) is 2.24. The molecule has 0 atom stereocenters. The van der Waals surface area contributed by atoms with E-state index in [4.69, 9.17) is 0 Å². The first-order chi connectivity index (χ1) is 8.20. The number of aryl methyl sites for hydroxylation is 1. The number of hydrogen-bond donors (Lipinski definition) is 1. The van der Waals surface area contributed by atoms with Gasteiger partial charge in [0.2, 0.25) is 0 Å². The highest BCUT2D eigenvalue weighted by atomic mass is 79.9. The SMILES string of the molecule is CCNc1ccnc(-c2ccc(C)cc2Br)n1. The number of benzene rings is 1. The van der Waals surface area contributed by atoms with E-state index >= 15 is 0 Å². The first kappa shape index (κ1) is 12.0. The first-order valence-corrected chi connectivity index (χ1v) is 6.33. The topological polar surface area (TPSA) is 37.8 Å². The second-order valence-corrected chi connectivity index (χ2v) is 4.63. The maximum absolute atomic E-state index is 4.47. The summed E-state index contributed by atoms with van der Waals surface area (Å²) in [6.45, 7) is 4.96. The highest BCUT2D eigenvalue weighted by Gasteiger charge is 2.06. The fraction of sp³-hybridized carbons (Fsp3) is 0.231. The molecule has 0 aliphatic carbocycles. The molecule has 17 heavy (non-hydrogen) atoms. The van der Waals surface area contributed by atoms with Gasteiger partial charge in [-0.2, -0.15) is 0 Å². The van der Waals surface area contributed by atoms with Crippen molar-refractivity contribution >= 4 is 21.7 Å². The van der Waals surface area contributed by atoms with E-state index in [2.05, 4.69) is 50.3 Å². The Morgan fingerprint density at radius 1 is 1.29 bits per heavy atom. The second-order valence-electron chi connectivity index (χ2n) is 3.78. The van der Waals surface area contributed by atoms with Gasteiger partial charge in [0, 0.05) is 22.8 Å². The quantitative estimate of drug-likeness (QED) is 0.938. The molecule has 0 saturated carbocycles. The molecule has 1 aromatic heterocycles. The predicted molar refractivity (Wildman–Crippen MR) is 74.1 cm³/mol.